The Labute approximate surface area is 245 Å². The summed E-state index contributed by atoms with van der Waals surface area (Å²) in [5.74, 6) is 1.99. The van der Waals surface area contributed by atoms with Gasteiger partial charge < -0.3 is 24.3 Å². The zero-order chi connectivity index (χ0) is 29.8. The zero-order valence-corrected chi connectivity index (χ0v) is 23.1. The molecule has 0 saturated heterocycles. The highest BCUT2D eigenvalue weighted by Gasteiger charge is 2.25. The number of carbonyl (C=O) groups is 1. The number of ether oxygens (including phenoxy) is 4. The summed E-state index contributed by atoms with van der Waals surface area (Å²) in [6.07, 6.45) is 3.63. The summed E-state index contributed by atoms with van der Waals surface area (Å²) in [6.45, 7) is 2.17. The van der Waals surface area contributed by atoms with Crippen LogP contribution in [0.1, 0.15) is 21.6 Å². The maximum atomic E-state index is 13.6. The van der Waals surface area contributed by atoms with Crippen LogP contribution in [0.15, 0.2) is 72.8 Å². The zero-order valence-electron chi connectivity index (χ0n) is 23.1. The molecule has 1 aliphatic rings. The Kier molecular flexibility index (Phi) is 7.64. The van der Waals surface area contributed by atoms with Crippen LogP contribution in [0.5, 0.6) is 28.9 Å². The number of fused-ring (bicyclic) bond motifs is 1. The third kappa shape index (κ3) is 5.84. The van der Waals surface area contributed by atoms with E-state index < -0.39 is 11.7 Å². The second-order valence-electron chi connectivity index (χ2n) is 9.37. The fourth-order valence-corrected chi connectivity index (χ4v) is 4.61. The summed E-state index contributed by atoms with van der Waals surface area (Å²) >= 11 is 0. The molecule has 3 aromatic carbocycles. The van der Waals surface area contributed by atoms with Gasteiger partial charge in [-0.2, -0.15) is 5.21 Å². The highest BCUT2D eigenvalue weighted by atomic mass is 19.1. The molecule has 12 heteroatoms. The van der Waals surface area contributed by atoms with Gasteiger partial charge in [0.2, 0.25) is 18.5 Å². The lowest BCUT2D eigenvalue weighted by Crippen LogP contribution is -2.23. The topological polar surface area (TPSA) is 133 Å². The maximum absolute atomic E-state index is 13.6. The van der Waals surface area contributed by atoms with Gasteiger partial charge in [-0.1, -0.05) is 30.4 Å². The molecule has 1 aliphatic heterocycles. The number of tetrazole rings is 1. The number of aromatic amines is 1. The first-order valence-electron chi connectivity index (χ1n) is 13.2. The monoisotopic (exact) mass is 580 g/mol. The van der Waals surface area contributed by atoms with Crippen molar-refractivity contribution in [1.82, 2.24) is 30.9 Å². The average Bonchev–Trinajstić information content (AvgIpc) is 3.72. The van der Waals surface area contributed by atoms with Gasteiger partial charge in [0, 0.05) is 35.0 Å². The number of amides is 1. The second-order valence-corrected chi connectivity index (χ2v) is 9.37. The largest absolute Gasteiger partial charge is 0.497 e. The van der Waals surface area contributed by atoms with Gasteiger partial charge in [0.1, 0.15) is 17.3 Å². The number of rotatable bonds is 9. The lowest BCUT2D eigenvalue weighted by molar-refractivity contribution is 0.0957. The van der Waals surface area contributed by atoms with Crippen molar-refractivity contribution in [3.63, 3.8) is 0 Å². The van der Waals surface area contributed by atoms with Crippen LogP contribution < -0.4 is 24.3 Å². The van der Waals surface area contributed by atoms with Gasteiger partial charge >= 0.3 is 0 Å². The number of benzene rings is 3. The first-order chi connectivity index (χ1) is 21.0. The Morgan fingerprint density at radius 1 is 1.05 bits per heavy atom. The fraction of sp³-hybridized carbons (Fsp3) is 0.129. The van der Waals surface area contributed by atoms with E-state index in [9.17, 15) is 9.18 Å². The van der Waals surface area contributed by atoms with Gasteiger partial charge in [0.25, 0.3) is 5.91 Å². The van der Waals surface area contributed by atoms with E-state index in [-0.39, 0.29) is 30.6 Å². The Morgan fingerprint density at radius 2 is 1.86 bits per heavy atom. The lowest BCUT2D eigenvalue weighted by Gasteiger charge is -2.18. The maximum Gasteiger partial charge on any atom is 0.251 e. The molecule has 0 unspecified atom stereocenters. The van der Waals surface area contributed by atoms with Crippen molar-refractivity contribution >= 4 is 12.0 Å². The predicted molar refractivity (Wildman–Crippen MR) is 155 cm³/mol. The SMILES string of the molecule is COc1ccc(-c2c(C=CCNC(=O)c3cccc(F)c3)c(C)nc(Oc3ccc4c(c3)OCO4)c2-c2nn[nH]n2)cc1. The minimum Gasteiger partial charge on any atom is -0.497 e. The quantitative estimate of drug-likeness (QED) is 0.237. The number of halogens is 1. The number of methoxy groups -OCH3 is 1. The molecule has 0 saturated carbocycles. The Hall–Kier alpha value is -5.78. The van der Waals surface area contributed by atoms with Crippen LogP contribution in [0.2, 0.25) is 0 Å². The third-order valence-electron chi connectivity index (χ3n) is 6.65. The van der Waals surface area contributed by atoms with Crippen LogP contribution in [-0.2, 0) is 0 Å². The summed E-state index contributed by atoms with van der Waals surface area (Å²) in [7, 11) is 1.60. The van der Waals surface area contributed by atoms with Crippen molar-refractivity contribution in [1.29, 1.82) is 0 Å². The standard InChI is InChI=1S/C31H25FN6O5/c1-18-24(7-4-14-33-30(39)20-5-3-6-21(32)15-20)27(19-8-10-22(40-2)11-9-19)28(29-35-37-38-36-29)31(34-18)43-23-12-13-25-26(16-23)42-17-41-25/h3-13,15-16H,14,17H2,1-2H3,(H,33,39)(H,35,36,37,38). The number of nitrogens with zero attached hydrogens (tertiary/aromatic N) is 4. The number of aromatic nitrogens is 5. The van der Waals surface area contributed by atoms with E-state index >= 15 is 0 Å². The molecular weight excluding hydrogens is 555 g/mol. The van der Waals surface area contributed by atoms with Gasteiger partial charge in [-0.05, 0) is 60.2 Å². The number of hydrogen-bond acceptors (Lipinski definition) is 9. The van der Waals surface area contributed by atoms with Crippen LogP contribution in [0.4, 0.5) is 4.39 Å². The molecular formula is C31H25FN6O5. The summed E-state index contributed by atoms with van der Waals surface area (Å²) in [4.78, 5) is 17.3. The van der Waals surface area contributed by atoms with Crippen LogP contribution in [0.25, 0.3) is 28.6 Å². The molecule has 43 heavy (non-hydrogen) atoms. The Bertz CT molecular complexity index is 1810. The molecule has 0 spiro atoms. The van der Waals surface area contributed by atoms with Gasteiger partial charge in [0.05, 0.1) is 12.7 Å². The molecule has 0 fully saturated rings. The average molecular weight is 581 g/mol. The summed E-state index contributed by atoms with van der Waals surface area (Å²) in [5, 5.41) is 17.6. The Balaban J connectivity index is 1.41. The van der Waals surface area contributed by atoms with E-state index in [2.05, 4.69) is 25.9 Å². The smallest absolute Gasteiger partial charge is 0.251 e. The fourth-order valence-electron chi connectivity index (χ4n) is 4.61. The first kappa shape index (κ1) is 27.4. The van der Waals surface area contributed by atoms with E-state index in [0.29, 0.717) is 34.3 Å². The number of H-pyrrole nitrogens is 1. The first-order valence-corrected chi connectivity index (χ1v) is 13.2. The van der Waals surface area contributed by atoms with E-state index in [1.54, 1.807) is 37.5 Å². The van der Waals surface area contributed by atoms with E-state index in [4.69, 9.17) is 23.9 Å². The highest BCUT2D eigenvalue weighted by molar-refractivity contribution is 5.94. The number of pyridine rings is 1. The Morgan fingerprint density at radius 3 is 2.63 bits per heavy atom. The lowest BCUT2D eigenvalue weighted by atomic mass is 9.93. The van der Waals surface area contributed by atoms with E-state index in [1.807, 2.05) is 37.3 Å². The molecule has 0 bridgehead atoms. The predicted octanol–water partition coefficient (Wildman–Crippen LogP) is 5.35. The second kappa shape index (κ2) is 12.0. The van der Waals surface area contributed by atoms with Crippen LogP contribution >= 0.6 is 0 Å². The van der Waals surface area contributed by atoms with Gasteiger partial charge in [-0.3, -0.25) is 4.79 Å². The summed E-state index contributed by atoms with van der Waals surface area (Å²) in [5.41, 5.74) is 3.63. The van der Waals surface area contributed by atoms with Gasteiger partial charge in [0.15, 0.2) is 11.5 Å². The molecule has 0 atom stereocenters. The van der Waals surface area contributed by atoms with E-state index in [0.717, 1.165) is 16.7 Å². The van der Waals surface area contributed by atoms with Gasteiger partial charge in [-0.25, -0.2) is 9.37 Å². The van der Waals surface area contributed by atoms with E-state index in [1.165, 1.54) is 18.2 Å². The van der Waals surface area contributed by atoms with Crippen LogP contribution in [-0.4, -0.2) is 52.0 Å². The molecule has 11 nitrogen and oxygen atoms in total. The van der Waals surface area contributed by atoms with Crippen molar-refractivity contribution in [2.24, 2.45) is 0 Å². The molecule has 216 valence electrons. The van der Waals surface area contributed by atoms with Crippen molar-refractivity contribution < 1.29 is 28.1 Å². The normalized spacial score (nSPS) is 12.0. The summed E-state index contributed by atoms with van der Waals surface area (Å²) in [6, 6.07) is 18.3. The molecule has 0 aliphatic carbocycles. The number of aryl methyl sites for hydroxylation is 1. The molecule has 5 aromatic rings. The molecule has 2 N–H and O–H groups in total. The number of nitrogens with one attached hydrogen (secondary N) is 2. The molecule has 6 rings (SSSR count). The van der Waals surface area contributed by atoms with Crippen molar-refractivity contribution in [3.05, 3.63) is 95.4 Å². The molecule has 2 aromatic heterocycles. The number of hydrogen-bond donors (Lipinski definition) is 2. The van der Waals surface area contributed by atoms with Crippen molar-refractivity contribution in [3.8, 4) is 51.4 Å². The highest BCUT2D eigenvalue weighted by Crippen LogP contribution is 2.44. The van der Waals surface area contributed by atoms with Crippen LogP contribution in [0, 0.1) is 12.7 Å². The number of carbonyl (C=O) groups excluding carboxylic acids is 1. The minimum absolute atomic E-state index is 0.135. The van der Waals surface area contributed by atoms with Crippen LogP contribution in [0.3, 0.4) is 0 Å². The molecule has 3 heterocycles. The van der Waals surface area contributed by atoms with Crippen molar-refractivity contribution in [2.45, 2.75) is 6.92 Å². The van der Waals surface area contributed by atoms with Gasteiger partial charge in [-0.15, -0.1) is 10.2 Å². The minimum atomic E-state index is -0.480. The third-order valence-corrected chi connectivity index (χ3v) is 6.65. The summed E-state index contributed by atoms with van der Waals surface area (Å²) < 4.78 is 36.2. The molecule has 1 amide bonds. The van der Waals surface area contributed by atoms with Crippen molar-refractivity contribution in [2.75, 3.05) is 20.4 Å². The molecule has 0 radical (unpaired) electrons.